The lowest BCUT2D eigenvalue weighted by atomic mass is 9.87. The van der Waals surface area contributed by atoms with E-state index < -0.39 is 0 Å². The summed E-state index contributed by atoms with van der Waals surface area (Å²) in [5.41, 5.74) is 7.70. The minimum Gasteiger partial charge on any atom is -0.192 e. The van der Waals surface area contributed by atoms with E-state index in [0.717, 1.165) is 11.1 Å². The summed E-state index contributed by atoms with van der Waals surface area (Å²) in [4.78, 5) is 0. The fourth-order valence-corrected chi connectivity index (χ4v) is 3.56. The molecule has 0 bridgehead atoms. The van der Waals surface area contributed by atoms with Crippen molar-refractivity contribution in [2.24, 2.45) is 0 Å². The maximum atomic E-state index is 9.24. The molecule has 2 heteroatoms. The van der Waals surface area contributed by atoms with Crippen molar-refractivity contribution in [1.29, 1.82) is 10.5 Å². The van der Waals surface area contributed by atoms with Crippen molar-refractivity contribution in [3.63, 3.8) is 0 Å². The maximum Gasteiger partial charge on any atom is 0.0997 e. The molecule has 0 unspecified atom stereocenters. The molecule has 2 aromatic rings. The Balaban J connectivity index is 0.000000291. The Bertz CT molecular complexity index is 848. The quantitative estimate of drug-likeness (QED) is 0.534. The van der Waals surface area contributed by atoms with Gasteiger partial charge in [-0.25, -0.2) is 0 Å². The molecule has 0 fully saturated rings. The Kier molecular flexibility index (Phi) is 9.13. The minimum absolute atomic E-state index is 0.414. The van der Waals surface area contributed by atoms with Crippen molar-refractivity contribution in [1.82, 2.24) is 0 Å². The molecule has 0 aliphatic carbocycles. The summed E-state index contributed by atoms with van der Waals surface area (Å²) in [5.74, 6) is 1.67. The molecular weight excluding hydrogens is 352 g/mol. The summed E-state index contributed by atoms with van der Waals surface area (Å²) in [6.45, 7) is 19.2. The second kappa shape index (κ2) is 10.8. The molecule has 0 radical (unpaired) electrons. The van der Waals surface area contributed by atoms with Gasteiger partial charge in [0.15, 0.2) is 0 Å². The Morgan fingerprint density at radius 3 is 1.17 bits per heavy atom. The predicted molar refractivity (Wildman–Crippen MR) is 123 cm³/mol. The van der Waals surface area contributed by atoms with E-state index in [2.05, 4.69) is 98.7 Å². The fourth-order valence-electron chi connectivity index (χ4n) is 3.56. The van der Waals surface area contributed by atoms with Crippen LogP contribution in [0.1, 0.15) is 118 Å². The third kappa shape index (κ3) is 6.20. The molecule has 0 N–H and O–H groups in total. The molecular formula is C27H36N2. The van der Waals surface area contributed by atoms with Gasteiger partial charge < -0.3 is 0 Å². The number of nitrogens with zero attached hydrogens (tertiary/aromatic N) is 2. The van der Waals surface area contributed by atoms with Gasteiger partial charge >= 0.3 is 0 Å². The Morgan fingerprint density at radius 1 is 0.586 bits per heavy atom. The fraction of sp³-hybridized carbons (Fsp3) is 0.481. The van der Waals surface area contributed by atoms with Crippen LogP contribution in [-0.4, -0.2) is 0 Å². The van der Waals surface area contributed by atoms with Crippen molar-refractivity contribution in [2.45, 2.75) is 86.0 Å². The van der Waals surface area contributed by atoms with Crippen LogP contribution < -0.4 is 0 Å². The van der Waals surface area contributed by atoms with Crippen LogP contribution in [0.4, 0.5) is 0 Å². The van der Waals surface area contributed by atoms with Crippen molar-refractivity contribution < 1.29 is 0 Å². The van der Waals surface area contributed by atoms with Gasteiger partial charge in [0.05, 0.1) is 23.3 Å². The van der Waals surface area contributed by atoms with E-state index in [1.807, 2.05) is 6.07 Å². The highest BCUT2D eigenvalue weighted by molar-refractivity contribution is 5.49. The summed E-state index contributed by atoms with van der Waals surface area (Å²) in [5, 5.41) is 18.4. The highest BCUT2D eigenvalue weighted by Gasteiger charge is 2.14. The van der Waals surface area contributed by atoms with Crippen molar-refractivity contribution in [2.75, 3.05) is 0 Å². The average molecular weight is 389 g/mol. The number of nitriles is 2. The van der Waals surface area contributed by atoms with Gasteiger partial charge in [0.25, 0.3) is 0 Å². The number of hydrogen-bond donors (Lipinski definition) is 0. The first kappa shape index (κ1) is 24.5. The Morgan fingerprint density at radius 2 is 0.897 bits per heavy atom. The van der Waals surface area contributed by atoms with Crippen LogP contribution in [0.3, 0.4) is 0 Å². The van der Waals surface area contributed by atoms with Crippen LogP contribution in [-0.2, 0) is 0 Å². The first-order chi connectivity index (χ1) is 13.5. The van der Waals surface area contributed by atoms with E-state index in [-0.39, 0.29) is 0 Å². The van der Waals surface area contributed by atoms with Crippen molar-refractivity contribution in [3.8, 4) is 12.1 Å². The number of rotatable bonds is 4. The molecule has 0 heterocycles. The zero-order valence-electron chi connectivity index (χ0n) is 19.6. The summed E-state index contributed by atoms with van der Waals surface area (Å²) in [6.07, 6.45) is 0. The topological polar surface area (TPSA) is 47.6 Å². The summed E-state index contributed by atoms with van der Waals surface area (Å²) in [7, 11) is 0. The number of benzene rings is 2. The molecule has 0 atom stereocenters. The van der Waals surface area contributed by atoms with E-state index in [1.54, 1.807) is 0 Å². The predicted octanol–water partition coefficient (Wildman–Crippen LogP) is 7.92. The van der Waals surface area contributed by atoms with E-state index >= 15 is 0 Å². The van der Waals surface area contributed by atoms with Gasteiger partial charge in [0.2, 0.25) is 0 Å². The molecule has 0 saturated heterocycles. The summed E-state index contributed by atoms with van der Waals surface area (Å²) >= 11 is 0. The molecule has 2 nitrogen and oxygen atoms in total. The molecule has 0 aliphatic rings. The van der Waals surface area contributed by atoms with Crippen LogP contribution in [0.2, 0.25) is 0 Å². The van der Waals surface area contributed by atoms with Crippen LogP contribution in [0, 0.1) is 29.6 Å². The van der Waals surface area contributed by atoms with E-state index in [0.29, 0.717) is 23.7 Å². The molecule has 154 valence electrons. The number of hydrogen-bond acceptors (Lipinski definition) is 2. The summed E-state index contributed by atoms with van der Waals surface area (Å²) < 4.78 is 0. The molecule has 0 amide bonds. The SMILES string of the molecule is CC(C)c1cccc(C(C)C)c1C#N.Cc1cc(C(C)C)c(C#N)c(C(C)C)c1. The van der Waals surface area contributed by atoms with Crippen LogP contribution in [0.25, 0.3) is 0 Å². The second-order valence-electron chi connectivity index (χ2n) is 8.97. The zero-order valence-corrected chi connectivity index (χ0v) is 19.6. The maximum absolute atomic E-state index is 9.24. The van der Waals surface area contributed by atoms with Crippen molar-refractivity contribution in [3.05, 3.63) is 69.3 Å². The Labute approximate surface area is 178 Å². The molecule has 0 aliphatic heterocycles. The minimum atomic E-state index is 0.414. The van der Waals surface area contributed by atoms with Gasteiger partial charge in [-0.1, -0.05) is 91.3 Å². The van der Waals surface area contributed by atoms with Crippen molar-refractivity contribution >= 4 is 0 Å². The van der Waals surface area contributed by atoms with E-state index in [4.69, 9.17) is 5.26 Å². The molecule has 0 saturated carbocycles. The first-order valence-corrected chi connectivity index (χ1v) is 10.6. The van der Waals surface area contributed by atoms with E-state index in [1.165, 1.54) is 27.8 Å². The van der Waals surface area contributed by atoms with Gasteiger partial charge in [-0.2, -0.15) is 10.5 Å². The third-order valence-electron chi connectivity index (χ3n) is 5.18. The highest BCUT2D eigenvalue weighted by atomic mass is 14.3. The molecule has 2 aromatic carbocycles. The van der Waals surface area contributed by atoms with Gasteiger partial charge in [-0.05, 0) is 52.8 Å². The van der Waals surface area contributed by atoms with Gasteiger partial charge in [0, 0.05) is 0 Å². The highest BCUT2D eigenvalue weighted by Crippen LogP contribution is 2.29. The van der Waals surface area contributed by atoms with Crippen LogP contribution >= 0.6 is 0 Å². The van der Waals surface area contributed by atoms with Crippen LogP contribution in [0.15, 0.2) is 30.3 Å². The van der Waals surface area contributed by atoms with Crippen LogP contribution in [0.5, 0.6) is 0 Å². The van der Waals surface area contributed by atoms with Gasteiger partial charge in [0.1, 0.15) is 0 Å². The summed E-state index contributed by atoms with van der Waals surface area (Å²) in [6, 6.07) is 15.1. The lowest BCUT2D eigenvalue weighted by molar-refractivity contribution is 0.824. The normalized spacial score (nSPS) is 10.7. The lowest BCUT2D eigenvalue weighted by Crippen LogP contribution is -2.01. The second-order valence-corrected chi connectivity index (χ2v) is 8.97. The average Bonchev–Trinajstić information content (AvgIpc) is 2.66. The van der Waals surface area contributed by atoms with Gasteiger partial charge in [-0.3, -0.25) is 0 Å². The lowest BCUT2D eigenvalue weighted by Gasteiger charge is -2.16. The standard InChI is InChI=1S/C14H19N.C13H17N/c1-9(2)12-6-11(5)7-13(10(3)4)14(12)8-15;1-9(2)11-6-5-7-12(10(3)4)13(11)8-14/h6-7,9-10H,1-5H3;5-7,9-10H,1-4H3. The van der Waals surface area contributed by atoms with Gasteiger partial charge in [-0.15, -0.1) is 0 Å². The molecule has 0 spiro atoms. The van der Waals surface area contributed by atoms with E-state index in [9.17, 15) is 5.26 Å². The first-order valence-electron chi connectivity index (χ1n) is 10.6. The molecule has 29 heavy (non-hydrogen) atoms. The monoisotopic (exact) mass is 388 g/mol. The largest absolute Gasteiger partial charge is 0.192 e. The molecule has 0 aromatic heterocycles. The smallest absolute Gasteiger partial charge is 0.0997 e. The third-order valence-corrected chi connectivity index (χ3v) is 5.18. The molecule has 2 rings (SSSR count). The number of aryl methyl sites for hydroxylation is 1. The Hall–Kier alpha value is -2.58. The zero-order chi connectivity index (χ0) is 22.3.